The Hall–Kier alpha value is -0.430. The van der Waals surface area contributed by atoms with Gasteiger partial charge in [0.15, 0.2) is 6.29 Å². The summed E-state index contributed by atoms with van der Waals surface area (Å²) in [6.07, 6.45) is 4.64. The van der Waals surface area contributed by atoms with E-state index in [1.54, 1.807) is 0 Å². The van der Waals surface area contributed by atoms with Crippen molar-refractivity contribution in [3.8, 4) is 0 Å². The fourth-order valence-corrected chi connectivity index (χ4v) is 4.52. The summed E-state index contributed by atoms with van der Waals surface area (Å²) < 4.78 is 46.3. The molecule has 41 heavy (non-hydrogen) atoms. The van der Waals surface area contributed by atoms with Crippen LogP contribution in [-0.4, -0.2) is 108 Å². The number of hydrogen-bond acceptors (Lipinski definition) is 12. The van der Waals surface area contributed by atoms with Gasteiger partial charge in [0.1, 0.15) is 30.5 Å². The molecule has 0 aromatic rings. The Kier molecular flexibility index (Phi) is 22.8. The van der Waals surface area contributed by atoms with E-state index in [9.17, 15) is 43.0 Å². The molecule has 0 radical (unpaired) electrons. The number of carbonyl (C=O) groups excluding carboxylic acids is 2. The third-order valence-electron chi connectivity index (χ3n) is 6.56. The van der Waals surface area contributed by atoms with Gasteiger partial charge in [-0.15, -0.1) is 0 Å². The quantitative estimate of drug-likeness (QED) is 0.0301. The molecular formula is C25H47N2NaO12S. The third kappa shape index (κ3) is 18.1. The van der Waals surface area contributed by atoms with E-state index in [1.165, 1.54) is 38.5 Å². The smallest absolute Gasteiger partial charge is 0.726 e. The van der Waals surface area contributed by atoms with Crippen molar-refractivity contribution in [2.75, 3.05) is 26.4 Å². The van der Waals surface area contributed by atoms with Gasteiger partial charge in [-0.3, -0.25) is 13.8 Å². The number of hydrogen-bond donors (Lipinski definition) is 6. The molecule has 0 aromatic carbocycles. The maximum Gasteiger partial charge on any atom is 1.00 e. The molecule has 236 valence electrons. The minimum Gasteiger partial charge on any atom is -0.726 e. The first kappa shape index (κ1) is 40.6. The molecule has 6 atom stereocenters. The van der Waals surface area contributed by atoms with E-state index in [-0.39, 0.29) is 42.5 Å². The van der Waals surface area contributed by atoms with Crippen molar-refractivity contribution in [3.05, 3.63) is 0 Å². The van der Waals surface area contributed by atoms with E-state index in [2.05, 4.69) is 21.7 Å². The molecule has 6 N–H and O–H groups in total. The molecule has 14 nitrogen and oxygen atoms in total. The summed E-state index contributed by atoms with van der Waals surface area (Å²) in [5.41, 5.74) is 0. The van der Waals surface area contributed by atoms with Crippen molar-refractivity contribution in [1.82, 2.24) is 10.6 Å². The normalized spacial score (nSPS) is 23.4. The van der Waals surface area contributed by atoms with Crippen molar-refractivity contribution < 1.29 is 86.2 Å². The number of carbonyl (C=O) groups is 2. The van der Waals surface area contributed by atoms with E-state index in [0.29, 0.717) is 6.42 Å². The van der Waals surface area contributed by atoms with Crippen LogP contribution in [0.15, 0.2) is 0 Å². The molecule has 1 rings (SSSR count). The molecule has 0 saturated carbocycles. The first-order chi connectivity index (χ1) is 19.0. The van der Waals surface area contributed by atoms with Gasteiger partial charge in [-0.25, -0.2) is 8.42 Å². The van der Waals surface area contributed by atoms with Crippen LogP contribution in [0.3, 0.4) is 0 Å². The van der Waals surface area contributed by atoms with Crippen molar-refractivity contribution in [3.63, 3.8) is 0 Å². The Morgan fingerprint density at radius 3 is 2.02 bits per heavy atom. The van der Waals surface area contributed by atoms with Gasteiger partial charge in [0.05, 0.1) is 19.8 Å². The molecule has 1 fully saturated rings. The molecule has 0 spiro atoms. The van der Waals surface area contributed by atoms with Crippen LogP contribution in [0.1, 0.15) is 84.0 Å². The number of aliphatic hydroxyl groups excluding tert-OH is 4. The molecule has 0 aromatic heterocycles. The average Bonchev–Trinajstić information content (AvgIpc) is 2.91. The second kappa shape index (κ2) is 23.0. The van der Waals surface area contributed by atoms with Crippen LogP contribution in [0.5, 0.6) is 0 Å². The Bertz CT molecular complexity index is 820. The van der Waals surface area contributed by atoms with Crippen LogP contribution in [0.2, 0.25) is 0 Å². The Morgan fingerprint density at radius 2 is 1.49 bits per heavy atom. The largest absolute Gasteiger partial charge is 1.00 e. The summed E-state index contributed by atoms with van der Waals surface area (Å²) in [6.45, 7) is 0.0140. The summed E-state index contributed by atoms with van der Waals surface area (Å²) in [5, 5.41) is 44.1. The molecule has 16 heteroatoms. The number of nitrogens with one attached hydrogen (secondary N) is 2. The molecule has 1 aliphatic heterocycles. The maximum absolute atomic E-state index is 12.6. The van der Waals surface area contributed by atoms with Crippen molar-refractivity contribution in [2.24, 2.45) is 0 Å². The van der Waals surface area contributed by atoms with Crippen LogP contribution in [-0.2, 0) is 33.6 Å². The van der Waals surface area contributed by atoms with Crippen LogP contribution in [0, 0.1) is 0 Å². The monoisotopic (exact) mass is 622 g/mol. The zero-order valence-electron chi connectivity index (χ0n) is 24.2. The Morgan fingerprint density at radius 1 is 0.927 bits per heavy atom. The number of aliphatic hydroxyl groups is 4. The zero-order valence-corrected chi connectivity index (χ0v) is 27.1. The minimum atomic E-state index is -4.94. The topological polar surface area (TPSA) is 224 Å². The van der Waals surface area contributed by atoms with Crippen LogP contribution in [0.25, 0.3) is 0 Å². The summed E-state index contributed by atoms with van der Waals surface area (Å²) in [4.78, 5) is 25.1. The first-order valence-corrected chi connectivity index (χ1v) is 15.4. The zero-order chi connectivity index (χ0) is 30.0. The van der Waals surface area contributed by atoms with E-state index >= 15 is 0 Å². The second-order valence-corrected chi connectivity index (χ2v) is 11.0. The molecule has 1 heterocycles. The van der Waals surface area contributed by atoms with Gasteiger partial charge < -0.3 is 45.1 Å². The second-order valence-electron chi connectivity index (χ2n) is 9.96. The molecule has 0 bridgehead atoms. The molecule has 0 aliphatic carbocycles. The van der Waals surface area contributed by atoms with Gasteiger partial charge in [0, 0.05) is 13.0 Å². The number of unbranched alkanes of at least 4 members (excludes halogenated alkanes) is 10. The van der Waals surface area contributed by atoms with E-state index in [0.717, 1.165) is 25.7 Å². The summed E-state index contributed by atoms with van der Waals surface area (Å²) in [6, 6.07) is -1.31. The molecule has 1 aliphatic rings. The molecule has 1 unspecified atom stereocenters. The molecule has 1 saturated heterocycles. The van der Waals surface area contributed by atoms with Gasteiger partial charge in [-0.1, -0.05) is 71.1 Å². The summed E-state index contributed by atoms with van der Waals surface area (Å²) in [7, 11) is -4.94. The fraction of sp³-hybridized carbons (Fsp3) is 0.920. The molecular weight excluding hydrogens is 575 g/mol. The van der Waals surface area contributed by atoms with E-state index in [4.69, 9.17) is 9.47 Å². The number of ether oxygens (including phenoxy) is 2. The van der Waals surface area contributed by atoms with E-state index < -0.39 is 78.8 Å². The molecule has 2 amide bonds. The Balaban J connectivity index is 0.0000160. The summed E-state index contributed by atoms with van der Waals surface area (Å²) in [5.74, 6) is -1.23. The van der Waals surface area contributed by atoms with Crippen LogP contribution in [0.4, 0.5) is 0 Å². The third-order valence-corrected chi connectivity index (χ3v) is 7.02. The van der Waals surface area contributed by atoms with Gasteiger partial charge in [-0.2, -0.15) is 0 Å². The van der Waals surface area contributed by atoms with Crippen LogP contribution >= 0.6 is 0 Å². The predicted molar refractivity (Wildman–Crippen MR) is 141 cm³/mol. The van der Waals surface area contributed by atoms with E-state index in [1.807, 2.05) is 0 Å². The summed E-state index contributed by atoms with van der Waals surface area (Å²) >= 11 is 0. The van der Waals surface area contributed by atoms with Gasteiger partial charge in [0.2, 0.25) is 22.2 Å². The van der Waals surface area contributed by atoms with Crippen molar-refractivity contribution in [1.29, 1.82) is 0 Å². The minimum absolute atomic E-state index is 0. The SMILES string of the molecule is CCCCCCCCCCCCCC(=O)NC(CO[C@@H]1O[C@H](CO)[C@H](O)[C@H](O)[C@H]1O)C(=O)NCCOS(=O)(=O)[O-].[Na+]. The van der Waals surface area contributed by atoms with Crippen molar-refractivity contribution in [2.45, 2.75) is 121 Å². The Labute approximate surface area is 265 Å². The number of amides is 2. The van der Waals surface area contributed by atoms with Gasteiger partial charge in [0.25, 0.3) is 0 Å². The number of rotatable bonds is 22. The predicted octanol–water partition coefficient (Wildman–Crippen LogP) is -3.41. The van der Waals surface area contributed by atoms with Gasteiger partial charge >= 0.3 is 29.6 Å². The van der Waals surface area contributed by atoms with Crippen LogP contribution < -0.4 is 40.2 Å². The first-order valence-electron chi connectivity index (χ1n) is 14.1. The standard InChI is InChI=1S/C25H48N2O12S.Na/c1-2-3-4-5-6-7-8-9-10-11-12-13-20(29)27-18(24(33)26-14-15-38-40(34,35)36)17-37-25-23(32)22(31)21(30)19(16-28)39-25;/h18-19,21-23,25,28,30-32H,2-17H2,1H3,(H,26,33)(H,27,29)(H,34,35,36);/q;+1/p-1/t18?,19-,21+,22+,23-,25-;/m1./s1. The average molecular weight is 623 g/mol. The fourth-order valence-electron chi connectivity index (χ4n) is 4.24. The van der Waals surface area contributed by atoms with Crippen molar-refractivity contribution >= 4 is 22.2 Å². The van der Waals surface area contributed by atoms with Gasteiger partial charge in [-0.05, 0) is 6.42 Å². The maximum atomic E-state index is 12.6.